The Labute approximate surface area is 128 Å². The Hall–Kier alpha value is -0.410. The maximum absolute atomic E-state index is 10.6. The van der Waals surface area contributed by atoms with Gasteiger partial charge in [0.2, 0.25) is 0 Å². The fraction of sp³-hybridized carbons (Fsp3) is 0.364. The summed E-state index contributed by atoms with van der Waals surface area (Å²) < 4.78 is 2.01. The highest BCUT2D eigenvalue weighted by molar-refractivity contribution is 14.1. The summed E-state index contributed by atoms with van der Waals surface area (Å²) in [6.45, 7) is 1.69. The first kappa shape index (κ1) is 14.0. The van der Waals surface area contributed by atoms with Crippen LogP contribution >= 0.6 is 46.6 Å². The number of alkyl halides is 1. The van der Waals surface area contributed by atoms with E-state index >= 15 is 0 Å². The Bertz CT molecular complexity index is 467. The molecule has 4 nitrogen and oxygen atoms in total. The molecule has 0 radical (unpaired) electrons. The van der Waals surface area contributed by atoms with Crippen molar-refractivity contribution in [1.82, 2.24) is 4.90 Å². The van der Waals surface area contributed by atoms with E-state index in [1.54, 1.807) is 23.9 Å². The van der Waals surface area contributed by atoms with Crippen molar-refractivity contribution >= 4 is 56.6 Å². The molecule has 1 aromatic rings. The van der Waals surface area contributed by atoms with E-state index in [4.69, 9.17) is 12.2 Å². The lowest BCUT2D eigenvalue weighted by atomic mass is 10.2. The van der Waals surface area contributed by atoms with E-state index in [1.807, 2.05) is 0 Å². The first-order valence-electron chi connectivity index (χ1n) is 5.35. The third kappa shape index (κ3) is 3.33. The Morgan fingerprint density at radius 2 is 2.17 bits per heavy atom. The minimum atomic E-state index is -0.383. The van der Waals surface area contributed by atoms with E-state index in [2.05, 4.69) is 27.5 Å². The smallest absolute Gasteiger partial charge is 0.269 e. The second kappa shape index (κ2) is 6.16. The minimum Gasteiger partial charge on any atom is -0.352 e. The number of non-ortho nitro benzene ring substituents is 1. The number of nitro benzene ring substituents is 1. The van der Waals surface area contributed by atoms with Crippen molar-refractivity contribution in [3.63, 3.8) is 0 Å². The van der Waals surface area contributed by atoms with Crippen molar-refractivity contribution in [3.8, 4) is 0 Å². The molecular weight excluding hydrogens is 383 g/mol. The van der Waals surface area contributed by atoms with Gasteiger partial charge in [-0.05, 0) is 5.56 Å². The van der Waals surface area contributed by atoms with Crippen molar-refractivity contribution in [2.45, 2.75) is 11.8 Å². The third-order valence-electron chi connectivity index (χ3n) is 2.64. The van der Waals surface area contributed by atoms with Crippen LogP contribution in [0, 0.1) is 10.1 Å². The van der Waals surface area contributed by atoms with Crippen LogP contribution in [0.3, 0.4) is 0 Å². The van der Waals surface area contributed by atoms with Gasteiger partial charge < -0.3 is 4.90 Å². The highest BCUT2D eigenvalue weighted by Gasteiger charge is 2.26. The van der Waals surface area contributed by atoms with E-state index in [-0.39, 0.29) is 10.6 Å². The van der Waals surface area contributed by atoms with Crippen LogP contribution in [0.2, 0.25) is 0 Å². The standard InChI is InChI=1S/C11H11IN2O2S2/c12-5-10-7-13(11(17)18-10)6-8-1-3-9(4-2-8)14(15)16/h1-4,10H,5-7H2. The van der Waals surface area contributed by atoms with Crippen molar-refractivity contribution in [3.05, 3.63) is 39.9 Å². The fourth-order valence-electron chi connectivity index (χ4n) is 1.73. The Morgan fingerprint density at radius 3 is 2.67 bits per heavy atom. The molecule has 0 spiro atoms. The molecule has 0 amide bonds. The molecule has 1 unspecified atom stereocenters. The van der Waals surface area contributed by atoms with Crippen LogP contribution in [0.4, 0.5) is 5.69 Å². The van der Waals surface area contributed by atoms with Crippen LogP contribution in [-0.2, 0) is 6.54 Å². The summed E-state index contributed by atoms with van der Waals surface area (Å²) in [5.74, 6) is 0. The van der Waals surface area contributed by atoms with Crippen molar-refractivity contribution in [2.24, 2.45) is 0 Å². The molecule has 0 saturated carbocycles. The summed E-state index contributed by atoms with van der Waals surface area (Å²) in [4.78, 5) is 12.3. The zero-order valence-corrected chi connectivity index (χ0v) is 13.2. The highest BCUT2D eigenvalue weighted by atomic mass is 127. The zero-order chi connectivity index (χ0) is 13.1. The van der Waals surface area contributed by atoms with Gasteiger partial charge in [-0.3, -0.25) is 10.1 Å². The van der Waals surface area contributed by atoms with E-state index in [1.165, 1.54) is 12.1 Å². The normalized spacial score (nSPS) is 19.3. The zero-order valence-electron chi connectivity index (χ0n) is 9.41. The molecule has 1 fully saturated rings. The Morgan fingerprint density at radius 1 is 1.50 bits per heavy atom. The first-order valence-corrected chi connectivity index (χ1v) is 8.16. The van der Waals surface area contributed by atoms with Crippen molar-refractivity contribution in [1.29, 1.82) is 0 Å². The van der Waals surface area contributed by atoms with Gasteiger partial charge in [-0.25, -0.2) is 0 Å². The molecule has 2 rings (SSSR count). The molecule has 1 atom stereocenters. The van der Waals surface area contributed by atoms with Crippen LogP contribution in [0.15, 0.2) is 24.3 Å². The molecule has 96 valence electrons. The van der Waals surface area contributed by atoms with Crippen LogP contribution < -0.4 is 0 Å². The summed E-state index contributed by atoms with van der Waals surface area (Å²) in [5.41, 5.74) is 1.18. The van der Waals surface area contributed by atoms with Gasteiger partial charge >= 0.3 is 0 Å². The van der Waals surface area contributed by atoms with Crippen molar-refractivity contribution < 1.29 is 4.92 Å². The van der Waals surface area contributed by atoms with Gasteiger partial charge in [-0.2, -0.15) is 0 Å². The molecule has 1 aromatic carbocycles. The van der Waals surface area contributed by atoms with E-state index in [0.29, 0.717) is 5.25 Å². The molecule has 7 heteroatoms. The molecule has 1 aliphatic heterocycles. The number of nitrogens with zero attached hydrogens (tertiary/aromatic N) is 2. The monoisotopic (exact) mass is 394 g/mol. The Balaban J connectivity index is 2.01. The van der Waals surface area contributed by atoms with Gasteiger partial charge in [0, 0.05) is 34.9 Å². The lowest BCUT2D eigenvalue weighted by molar-refractivity contribution is -0.384. The molecular formula is C11H11IN2O2S2. The van der Waals surface area contributed by atoms with Crippen LogP contribution in [0.25, 0.3) is 0 Å². The van der Waals surface area contributed by atoms with Gasteiger partial charge in [0.15, 0.2) is 0 Å². The average molecular weight is 394 g/mol. The van der Waals surface area contributed by atoms with E-state index in [0.717, 1.165) is 27.4 Å². The molecule has 18 heavy (non-hydrogen) atoms. The number of halogens is 1. The lowest BCUT2D eigenvalue weighted by Gasteiger charge is -2.17. The summed E-state index contributed by atoms with van der Waals surface area (Å²) in [6.07, 6.45) is 0. The Kier molecular flexibility index (Phi) is 4.79. The predicted octanol–water partition coefficient (Wildman–Crippen LogP) is 3.23. The molecule has 0 N–H and O–H groups in total. The lowest BCUT2D eigenvalue weighted by Crippen LogP contribution is -2.24. The van der Waals surface area contributed by atoms with Crippen LogP contribution in [0.1, 0.15) is 5.56 Å². The number of hydrogen-bond donors (Lipinski definition) is 0. The van der Waals surface area contributed by atoms with E-state index < -0.39 is 0 Å². The summed E-state index contributed by atoms with van der Waals surface area (Å²) in [5, 5.41) is 11.1. The molecule has 0 aliphatic carbocycles. The summed E-state index contributed by atoms with van der Waals surface area (Å²) in [6, 6.07) is 6.67. The maximum atomic E-state index is 10.6. The molecule has 1 aliphatic rings. The van der Waals surface area contributed by atoms with Gasteiger partial charge in [0.05, 0.1) is 4.92 Å². The van der Waals surface area contributed by atoms with Crippen molar-refractivity contribution in [2.75, 3.05) is 11.0 Å². The van der Waals surface area contributed by atoms with Gasteiger partial charge in [-0.15, -0.1) is 0 Å². The summed E-state index contributed by atoms with van der Waals surface area (Å²) in [7, 11) is 0. The number of thiocarbonyl (C=S) groups is 1. The number of hydrogen-bond acceptors (Lipinski definition) is 4. The highest BCUT2D eigenvalue weighted by Crippen LogP contribution is 2.28. The maximum Gasteiger partial charge on any atom is 0.269 e. The van der Waals surface area contributed by atoms with E-state index in [9.17, 15) is 10.1 Å². The molecule has 1 saturated heterocycles. The molecule has 0 bridgehead atoms. The number of thioether (sulfide) groups is 1. The second-order valence-corrected chi connectivity index (χ2v) is 6.78. The van der Waals surface area contributed by atoms with Crippen LogP contribution in [-0.4, -0.2) is 30.4 Å². The molecule has 0 aromatic heterocycles. The third-order valence-corrected chi connectivity index (χ3v) is 5.96. The quantitative estimate of drug-likeness (QED) is 0.258. The largest absolute Gasteiger partial charge is 0.352 e. The first-order chi connectivity index (χ1) is 8.60. The SMILES string of the molecule is O=[N+]([O-])c1ccc(CN2CC(CI)SC2=S)cc1. The van der Waals surface area contributed by atoms with Gasteiger partial charge in [0.25, 0.3) is 5.69 Å². The summed E-state index contributed by atoms with van der Waals surface area (Å²) >= 11 is 9.44. The number of nitro groups is 1. The number of rotatable bonds is 4. The van der Waals surface area contributed by atoms with Crippen LogP contribution in [0.5, 0.6) is 0 Å². The predicted molar refractivity (Wildman–Crippen MR) is 86.4 cm³/mol. The average Bonchev–Trinajstić information content (AvgIpc) is 2.71. The van der Waals surface area contributed by atoms with Gasteiger partial charge in [-0.1, -0.05) is 58.7 Å². The number of benzene rings is 1. The fourth-order valence-corrected chi connectivity index (χ4v) is 3.98. The minimum absolute atomic E-state index is 0.127. The topological polar surface area (TPSA) is 46.4 Å². The molecule has 1 heterocycles. The van der Waals surface area contributed by atoms with Gasteiger partial charge in [0.1, 0.15) is 4.32 Å². The second-order valence-electron chi connectivity index (χ2n) is 3.96.